The van der Waals surface area contributed by atoms with Crippen LogP contribution in [-0.2, 0) is 16.4 Å². The van der Waals surface area contributed by atoms with E-state index in [1.165, 1.54) is 18.0 Å². The summed E-state index contributed by atoms with van der Waals surface area (Å²) < 4.78 is 54.8. The van der Waals surface area contributed by atoms with Crippen LogP contribution in [0.3, 0.4) is 0 Å². The molecular formula is C18H18F2N4O3S2. The van der Waals surface area contributed by atoms with Crippen LogP contribution in [0.25, 0.3) is 11.0 Å². The Balaban J connectivity index is 1.92. The number of nitrogens with zero attached hydrogens (tertiary/aromatic N) is 2. The zero-order valence-corrected chi connectivity index (χ0v) is 17.3. The molecule has 0 bridgehead atoms. The van der Waals surface area contributed by atoms with E-state index < -0.39 is 38.7 Å². The smallest absolute Gasteiger partial charge is 0.232 e. The second-order valence-electron chi connectivity index (χ2n) is 6.28. The maximum atomic E-state index is 14.8. The highest BCUT2D eigenvalue weighted by atomic mass is 32.2. The number of anilines is 1. The molecule has 0 atom stereocenters. The second-order valence-corrected chi connectivity index (χ2v) is 8.91. The summed E-state index contributed by atoms with van der Waals surface area (Å²) in [7, 11) is -3.79. The first kappa shape index (κ1) is 21.2. The molecule has 2 N–H and O–H groups in total. The van der Waals surface area contributed by atoms with Crippen LogP contribution in [0.1, 0.15) is 29.3 Å². The Morgan fingerprint density at radius 1 is 1.31 bits per heavy atom. The molecule has 0 spiro atoms. The number of H-pyrrole nitrogens is 1. The molecule has 0 saturated heterocycles. The number of aromatic nitrogens is 3. The van der Waals surface area contributed by atoms with Crippen molar-refractivity contribution in [3.8, 4) is 0 Å². The molecule has 3 aromatic rings. The summed E-state index contributed by atoms with van der Waals surface area (Å²) >= 11 is 1.39. The Bertz CT molecular complexity index is 1180. The highest BCUT2D eigenvalue weighted by molar-refractivity contribution is 7.98. The molecule has 0 fully saturated rings. The van der Waals surface area contributed by atoms with Gasteiger partial charge >= 0.3 is 0 Å². The summed E-state index contributed by atoms with van der Waals surface area (Å²) in [5.74, 6) is -3.35. The molecule has 0 radical (unpaired) electrons. The minimum atomic E-state index is -3.79. The lowest BCUT2D eigenvalue weighted by molar-refractivity contribution is 0.0985. The molecule has 1 aromatic carbocycles. The Kier molecular flexibility index (Phi) is 6.18. The summed E-state index contributed by atoms with van der Waals surface area (Å²) in [5.41, 5.74) is -0.263. The van der Waals surface area contributed by atoms with Crippen LogP contribution in [-0.4, -0.2) is 41.4 Å². The lowest BCUT2D eigenvalue weighted by Gasteiger charge is -2.11. The standard InChI is InChI=1S/C18H18F2N4O3S2/c1-3-6-29(26,27)24-13-5-4-12(19)15(16(13)20)14(25)8-10-7-11-17(21-9-10)22-23-18(11)28-2/h4-5,7,9,24H,3,6,8H2,1-2H3,(H,21,22,23). The fourth-order valence-electron chi connectivity index (χ4n) is 2.82. The van der Waals surface area contributed by atoms with Gasteiger partial charge in [-0.3, -0.25) is 14.6 Å². The molecule has 29 heavy (non-hydrogen) atoms. The van der Waals surface area contributed by atoms with Crippen molar-refractivity contribution in [1.82, 2.24) is 15.2 Å². The van der Waals surface area contributed by atoms with Gasteiger partial charge in [0.2, 0.25) is 10.0 Å². The zero-order chi connectivity index (χ0) is 21.2. The summed E-state index contributed by atoms with van der Waals surface area (Å²) in [5, 5.41) is 8.23. The topological polar surface area (TPSA) is 105 Å². The van der Waals surface area contributed by atoms with Gasteiger partial charge < -0.3 is 0 Å². The number of carbonyl (C=O) groups excluding carboxylic acids is 1. The Hall–Kier alpha value is -2.53. The number of fused-ring (bicyclic) bond motifs is 1. The van der Waals surface area contributed by atoms with Crippen LogP contribution in [0, 0.1) is 11.6 Å². The van der Waals surface area contributed by atoms with Gasteiger partial charge in [0.25, 0.3) is 0 Å². The third-order valence-electron chi connectivity index (χ3n) is 4.10. The molecule has 0 aliphatic carbocycles. The van der Waals surface area contributed by atoms with E-state index in [0.717, 1.165) is 12.1 Å². The number of carbonyl (C=O) groups is 1. The number of benzene rings is 1. The maximum absolute atomic E-state index is 14.8. The van der Waals surface area contributed by atoms with E-state index in [1.54, 1.807) is 13.0 Å². The van der Waals surface area contributed by atoms with Crippen molar-refractivity contribution in [3.63, 3.8) is 0 Å². The van der Waals surface area contributed by atoms with E-state index in [0.29, 0.717) is 28.0 Å². The van der Waals surface area contributed by atoms with E-state index in [-0.39, 0.29) is 12.2 Å². The van der Waals surface area contributed by atoms with Gasteiger partial charge in [0.1, 0.15) is 10.8 Å². The van der Waals surface area contributed by atoms with Gasteiger partial charge in [0.15, 0.2) is 17.2 Å². The molecule has 0 unspecified atom stereocenters. The molecule has 7 nitrogen and oxygen atoms in total. The number of nitrogens with one attached hydrogen (secondary N) is 2. The predicted octanol–water partition coefficient (Wildman–Crippen LogP) is 3.54. The number of hydrogen-bond acceptors (Lipinski definition) is 6. The number of rotatable bonds is 8. The van der Waals surface area contributed by atoms with Crippen molar-refractivity contribution < 1.29 is 22.0 Å². The van der Waals surface area contributed by atoms with Crippen molar-refractivity contribution in [3.05, 3.63) is 47.2 Å². The highest BCUT2D eigenvalue weighted by Crippen LogP contribution is 2.26. The van der Waals surface area contributed by atoms with Crippen LogP contribution >= 0.6 is 11.8 Å². The van der Waals surface area contributed by atoms with Crippen LogP contribution in [0.5, 0.6) is 0 Å². The Labute approximate surface area is 170 Å². The normalized spacial score (nSPS) is 11.7. The van der Waals surface area contributed by atoms with E-state index >= 15 is 0 Å². The molecule has 0 saturated carbocycles. The minimum absolute atomic E-state index is 0.221. The van der Waals surface area contributed by atoms with Gasteiger partial charge in [0.05, 0.1) is 22.4 Å². The maximum Gasteiger partial charge on any atom is 0.232 e. The van der Waals surface area contributed by atoms with Crippen LogP contribution < -0.4 is 4.72 Å². The molecule has 0 aliphatic rings. The number of Topliss-reactive ketones (excluding diaryl/α,β-unsaturated/α-hetero) is 1. The molecular weight excluding hydrogens is 422 g/mol. The van der Waals surface area contributed by atoms with Gasteiger partial charge in [-0.1, -0.05) is 6.92 Å². The summed E-state index contributed by atoms with van der Waals surface area (Å²) in [6.07, 6.45) is 3.28. The average molecular weight is 440 g/mol. The quantitative estimate of drug-likeness (QED) is 0.410. The van der Waals surface area contributed by atoms with Gasteiger partial charge in [0, 0.05) is 12.6 Å². The van der Waals surface area contributed by atoms with Crippen molar-refractivity contribution >= 4 is 44.3 Å². The Morgan fingerprint density at radius 2 is 2.07 bits per heavy atom. The zero-order valence-electron chi connectivity index (χ0n) is 15.6. The molecule has 11 heteroatoms. The van der Waals surface area contributed by atoms with Crippen molar-refractivity contribution in [2.24, 2.45) is 0 Å². The fourth-order valence-corrected chi connectivity index (χ4v) is 4.47. The van der Waals surface area contributed by atoms with E-state index in [9.17, 15) is 22.0 Å². The first-order valence-corrected chi connectivity index (χ1v) is 11.5. The Morgan fingerprint density at radius 3 is 2.76 bits per heavy atom. The van der Waals surface area contributed by atoms with Crippen LogP contribution in [0.15, 0.2) is 29.4 Å². The number of hydrogen-bond donors (Lipinski definition) is 2. The number of thioether (sulfide) groups is 1. The summed E-state index contributed by atoms with van der Waals surface area (Å²) in [6.45, 7) is 1.66. The molecule has 2 heterocycles. The molecule has 0 aliphatic heterocycles. The third-order valence-corrected chi connectivity index (χ3v) is 6.28. The van der Waals surface area contributed by atoms with E-state index in [4.69, 9.17) is 0 Å². The largest absolute Gasteiger partial charge is 0.294 e. The number of aromatic amines is 1. The molecule has 2 aromatic heterocycles. The number of halogens is 2. The number of ketones is 1. The number of pyridine rings is 1. The van der Waals surface area contributed by atoms with Gasteiger partial charge in [-0.2, -0.15) is 5.10 Å². The summed E-state index contributed by atoms with van der Waals surface area (Å²) in [6, 6.07) is 3.50. The lowest BCUT2D eigenvalue weighted by atomic mass is 10.0. The first-order valence-electron chi connectivity index (χ1n) is 8.64. The number of sulfonamides is 1. The van der Waals surface area contributed by atoms with Crippen molar-refractivity contribution in [2.45, 2.75) is 24.8 Å². The van der Waals surface area contributed by atoms with Crippen molar-refractivity contribution in [2.75, 3.05) is 16.7 Å². The highest BCUT2D eigenvalue weighted by Gasteiger charge is 2.23. The molecule has 154 valence electrons. The van der Waals surface area contributed by atoms with E-state index in [1.807, 2.05) is 6.26 Å². The predicted molar refractivity (Wildman–Crippen MR) is 108 cm³/mol. The molecule has 0 amide bonds. The SMILES string of the molecule is CCCS(=O)(=O)Nc1ccc(F)c(C(=O)Cc2cnc3[nH]nc(SC)c3c2)c1F. The average Bonchev–Trinajstić information content (AvgIpc) is 3.06. The minimum Gasteiger partial charge on any atom is -0.294 e. The fraction of sp³-hybridized carbons (Fsp3) is 0.278. The van der Waals surface area contributed by atoms with Crippen LogP contribution in [0.4, 0.5) is 14.5 Å². The van der Waals surface area contributed by atoms with Crippen molar-refractivity contribution in [1.29, 1.82) is 0 Å². The summed E-state index contributed by atoms with van der Waals surface area (Å²) in [4.78, 5) is 16.8. The first-order chi connectivity index (χ1) is 13.8. The van der Waals surface area contributed by atoms with Crippen LogP contribution in [0.2, 0.25) is 0 Å². The van der Waals surface area contributed by atoms with E-state index in [2.05, 4.69) is 19.9 Å². The monoisotopic (exact) mass is 440 g/mol. The third kappa shape index (κ3) is 4.56. The lowest BCUT2D eigenvalue weighted by Crippen LogP contribution is -2.19. The van der Waals surface area contributed by atoms with Gasteiger partial charge in [-0.15, -0.1) is 11.8 Å². The van der Waals surface area contributed by atoms with Gasteiger partial charge in [-0.25, -0.2) is 22.2 Å². The van der Waals surface area contributed by atoms with Gasteiger partial charge in [-0.05, 0) is 36.4 Å². The molecule has 3 rings (SSSR count). The second kappa shape index (κ2) is 8.46.